The van der Waals surface area contributed by atoms with E-state index in [1.165, 1.54) is 46.6 Å². The van der Waals surface area contributed by atoms with Crippen molar-refractivity contribution in [1.29, 1.82) is 10.5 Å². The lowest BCUT2D eigenvalue weighted by Crippen LogP contribution is -2.19. The third kappa shape index (κ3) is 3.80. The van der Waals surface area contributed by atoms with Crippen molar-refractivity contribution in [2.24, 2.45) is 0 Å². The van der Waals surface area contributed by atoms with Crippen LogP contribution in [0.1, 0.15) is 70.5 Å². The Labute approximate surface area is 179 Å². The maximum absolute atomic E-state index is 9.69. The Hall–Kier alpha value is -1.93. The molecule has 28 heavy (non-hydrogen) atoms. The fourth-order valence-corrected chi connectivity index (χ4v) is 6.96. The quantitative estimate of drug-likeness (QED) is 0.462. The average Bonchev–Trinajstić information content (AvgIpc) is 2.94. The second-order valence-corrected chi connectivity index (χ2v) is 9.96. The molecular formula is C21H22N4S3. The average molecular weight is 427 g/mol. The molecule has 0 spiro atoms. The van der Waals surface area contributed by atoms with Crippen LogP contribution in [0.4, 0.5) is 10.0 Å². The summed E-state index contributed by atoms with van der Waals surface area (Å²) in [6.45, 7) is 0. The molecule has 0 aliphatic heterocycles. The topological polar surface area (TPSA) is 71.6 Å². The predicted molar refractivity (Wildman–Crippen MR) is 120 cm³/mol. The molecule has 2 N–H and O–H groups in total. The second kappa shape index (κ2) is 8.61. The summed E-state index contributed by atoms with van der Waals surface area (Å²) < 4.78 is 0. The summed E-state index contributed by atoms with van der Waals surface area (Å²) in [5.74, 6) is 0. The molecule has 0 aromatic carbocycles. The van der Waals surface area contributed by atoms with Crippen LogP contribution in [0.15, 0.2) is 0 Å². The normalized spacial score (nSPS) is 15.9. The molecule has 2 aliphatic carbocycles. The van der Waals surface area contributed by atoms with Gasteiger partial charge in [-0.05, 0) is 74.7 Å². The minimum absolute atomic E-state index is 0.459. The minimum atomic E-state index is 0.459. The minimum Gasteiger partial charge on any atom is -0.323 e. The second-order valence-electron chi connectivity index (χ2n) is 7.34. The zero-order valence-electron chi connectivity index (χ0n) is 15.7. The Bertz CT molecular complexity index is 909. The first kappa shape index (κ1) is 19.4. The van der Waals surface area contributed by atoms with Gasteiger partial charge in [-0.1, -0.05) is 12.8 Å². The molecule has 2 aromatic heterocycles. The number of aryl methyl sites for hydroxylation is 2. The number of nitriles is 2. The Kier molecular flexibility index (Phi) is 5.96. The number of thiophene rings is 2. The molecule has 0 radical (unpaired) electrons. The monoisotopic (exact) mass is 426 g/mol. The molecule has 144 valence electrons. The molecule has 0 bridgehead atoms. The number of fused-ring (bicyclic) bond motifs is 2. The Balaban J connectivity index is 1.55. The van der Waals surface area contributed by atoms with Gasteiger partial charge < -0.3 is 10.6 Å². The number of rotatable bonds is 2. The highest BCUT2D eigenvalue weighted by molar-refractivity contribution is 7.80. The van der Waals surface area contributed by atoms with E-state index in [0.29, 0.717) is 5.11 Å². The molecular weight excluding hydrogens is 404 g/mol. The molecule has 0 saturated heterocycles. The number of nitrogens with one attached hydrogen (secondary N) is 2. The van der Waals surface area contributed by atoms with Gasteiger partial charge >= 0.3 is 0 Å². The predicted octanol–water partition coefficient (Wildman–Crippen LogP) is 5.90. The van der Waals surface area contributed by atoms with Crippen molar-refractivity contribution in [3.63, 3.8) is 0 Å². The molecule has 0 saturated carbocycles. The first-order valence-corrected chi connectivity index (χ1v) is 11.9. The van der Waals surface area contributed by atoms with Crippen LogP contribution >= 0.6 is 34.9 Å². The van der Waals surface area contributed by atoms with Gasteiger partial charge in [-0.3, -0.25) is 0 Å². The van der Waals surface area contributed by atoms with Crippen LogP contribution in [0.3, 0.4) is 0 Å². The largest absolute Gasteiger partial charge is 0.323 e. The van der Waals surface area contributed by atoms with Gasteiger partial charge in [0.15, 0.2) is 5.11 Å². The summed E-state index contributed by atoms with van der Waals surface area (Å²) in [4.78, 5) is 2.64. The highest BCUT2D eigenvalue weighted by atomic mass is 32.1. The Morgan fingerprint density at radius 2 is 1.14 bits per heavy atom. The van der Waals surface area contributed by atoms with Crippen LogP contribution in [0.2, 0.25) is 0 Å². The Morgan fingerprint density at radius 1 is 0.714 bits per heavy atom. The molecule has 7 heteroatoms. The summed E-state index contributed by atoms with van der Waals surface area (Å²) in [5, 5.41) is 28.0. The number of anilines is 2. The smallest absolute Gasteiger partial charge is 0.176 e. The molecule has 2 aromatic rings. The van der Waals surface area contributed by atoms with Crippen LogP contribution in [-0.2, 0) is 25.7 Å². The van der Waals surface area contributed by atoms with Gasteiger partial charge in [0.2, 0.25) is 0 Å². The lowest BCUT2D eigenvalue weighted by atomic mass is 10.1. The van der Waals surface area contributed by atoms with Crippen molar-refractivity contribution in [2.75, 3.05) is 10.6 Å². The van der Waals surface area contributed by atoms with Crippen LogP contribution < -0.4 is 10.6 Å². The molecule has 0 unspecified atom stereocenters. The highest BCUT2D eigenvalue weighted by Gasteiger charge is 2.22. The molecule has 4 nitrogen and oxygen atoms in total. The zero-order valence-corrected chi connectivity index (χ0v) is 18.1. The van der Waals surface area contributed by atoms with Gasteiger partial charge in [0.05, 0.1) is 11.1 Å². The van der Waals surface area contributed by atoms with Crippen LogP contribution in [0.25, 0.3) is 0 Å². The van der Waals surface area contributed by atoms with E-state index >= 15 is 0 Å². The van der Waals surface area contributed by atoms with Crippen molar-refractivity contribution in [3.8, 4) is 12.1 Å². The van der Waals surface area contributed by atoms with Gasteiger partial charge in [-0.25, -0.2) is 0 Å². The van der Waals surface area contributed by atoms with Crippen LogP contribution in [0.5, 0.6) is 0 Å². The SMILES string of the molecule is N#Cc1c(NC(=S)Nc2sc3c(c2C#N)CCCCC3)sc2c1CCCCC2. The van der Waals surface area contributed by atoms with E-state index < -0.39 is 0 Å². The lowest BCUT2D eigenvalue weighted by molar-refractivity contribution is 0.712. The first-order chi connectivity index (χ1) is 13.7. The van der Waals surface area contributed by atoms with E-state index in [-0.39, 0.29) is 0 Å². The van der Waals surface area contributed by atoms with Crippen molar-refractivity contribution in [2.45, 2.75) is 64.2 Å². The van der Waals surface area contributed by atoms with E-state index in [1.54, 1.807) is 22.7 Å². The fraction of sp³-hybridized carbons (Fsp3) is 0.476. The van der Waals surface area contributed by atoms with Crippen molar-refractivity contribution in [3.05, 3.63) is 32.0 Å². The maximum atomic E-state index is 9.69. The van der Waals surface area contributed by atoms with E-state index in [0.717, 1.165) is 59.7 Å². The van der Waals surface area contributed by atoms with E-state index in [2.05, 4.69) is 22.8 Å². The lowest BCUT2D eigenvalue weighted by Gasteiger charge is -2.09. The van der Waals surface area contributed by atoms with Gasteiger partial charge in [-0.15, -0.1) is 22.7 Å². The van der Waals surface area contributed by atoms with Crippen LogP contribution in [0, 0.1) is 22.7 Å². The molecule has 2 aliphatic rings. The number of hydrogen-bond acceptors (Lipinski definition) is 5. The van der Waals surface area contributed by atoms with Gasteiger partial charge in [0.1, 0.15) is 22.1 Å². The molecule has 2 heterocycles. The summed E-state index contributed by atoms with van der Waals surface area (Å²) in [5.41, 5.74) is 3.90. The van der Waals surface area contributed by atoms with E-state index in [4.69, 9.17) is 12.2 Å². The molecule has 0 amide bonds. The summed E-state index contributed by atoms with van der Waals surface area (Å²) in [6, 6.07) is 4.76. The third-order valence-corrected chi connectivity index (χ3v) is 8.14. The number of thiocarbonyl (C=S) groups is 1. The third-order valence-electron chi connectivity index (χ3n) is 5.52. The molecule has 0 fully saturated rings. The number of nitrogens with zero attached hydrogens (tertiary/aromatic N) is 2. The molecule has 4 rings (SSSR count). The highest BCUT2D eigenvalue weighted by Crippen LogP contribution is 2.39. The van der Waals surface area contributed by atoms with Gasteiger partial charge in [0, 0.05) is 9.75 Å². The van der Waals surface area contributed by atoms with Crippen molar-refractivity contribution >= 4 is 50.0 Å². The van der Waals surface area contributed by atoms with Gasteiger partial charge in [-0.2, -0.15) is 10.5 Å². The zero-order chi connectivity index (χ0) is 19.5. The number of hydrogen-bond donors (Lipinski definition) is 2. The Morgan fingerprint density at radius 3 is 1.57 bits per heavy atom. The van der Waals surface area contributed by atoms with Crippen molar-refractivity contribution < 1.29 is 0 Å². The maximum Gasteiger partial charge on any atom is 0.176 e. The van der Waals surface area contributed by atoms with Crippen LogP contribution in [-0.4, -0.2) is 5.11 Å². The van der Waals surface area contributed by atoms with E-state index in [9.17, 15) is 10.5 Å². The van der Waals surface area contributed by atoms with Gasteiger partial charge in [0.25, 0.3) is 0 Å². The van der Waals surface area contributed by atoms with E-state index in [1.807, 2.05) is 0 Å². The fourth-order valence-electron chi connectivity index (χ4n) is 4.14. The standard InChI is InChI=1S/C21H22N4S3/c22-11-15-13-7-3-1-5-9-17(13)27-19(15)24-21(26)25-20-16(12-23)14-8-4-2-6-10-18(14)28-20/h1-10H2,(H2,24,25,26). The summed E-state index contributed by atoms with van der Waals surface area (Å²) >= 11 is 8.85. The van der Waals surface area contributed by atoms with Crippen molar-refractivity contribution in [1.82, 2.24) is 0 Å². The summed E-state index contributed by atoms with van der Waals surface area (Å²) in [7, 11) is 0. The first-order valence-electron chi connectivity index (χ1n) is 9.88. The molecule has 0 atom stereocenters. The summed E-state index contributed by atoms with van der Waals surface area (Å²) in [6.07, 6.45) is 11.2.